The highest BCUT2D eigenvalue weighted by Gasteiger charge is 2.27. The van der Waals surface area contributed by atoms with E-state index >= 15 is 0 Å². The van der Waals surface area contributed by atoms with E-state index in [0.29, 0.717) is 37.6 Å². The highest BCUT2D eigenvalue weighted by molar-refractivity contribution is 5.95. The monoisotopic (exact) mass is 393 g/mol. The Hall–Kier alpha value is -3.55. The Kier molecular flexibility index (Phi) is 5.33. The molecule has 0 atom stereocenters. The Morgan fingerprint density at radius 2 is 1.72 bits per heavy atom. The number of anilines is 1. The first kappa shape index (κ1) is 18.8. The Labute approximate surface area is 169 Å². The number of amides is 1. The van der Waals surface area contributed by atoms with Crippen LogP contribution >= 0.6 is 0 Å². The third-order valence-electron chi connectivity index (χ3n) is 4.99. The van der Waals surface area contributed by atoms with Crippen molar-refractivity contribution >= 4 is 11.6 Å². The third-order valence-corrected chi connectivity index (χ3v) is 4.99. The van der Waals surface area contributed by atoms with Gasteiger partial charge in [-0.15, -0.1) is 0 Å². The average Bonchev–Trinajstić information content (AvgIpc) is 3.24. The van der Waals surface area contributed by atoms with Crippen molar-refractivity contribution in [2.45, 2.75) is 0 Å². The number of benzene rings is 1. The molecule has 8 nitrogen and oxygen atoms in total. The number of hydrogen-bond acceptors (Lipinski definition) is 6. The van der Waals surface area contributed by atoms with Gasteiger partial charge in [-0.2, -0.15) is 5.10 Å². The number of para-hydroxylation sites is 1. The number of piperazine rings is 1. The maximum absolute atomic E-state index is 13.1. The summed E-state index contributed by atoms with van der Waals surface area (Å²) in [6, 6.07) is 11.6. The first-order valence-corrected chi connectivity index (χ1v) is 9.42. The second kappa shape index (κ2) is 8.22. The van der Waals surface area contributed by atoms with Crippen LogP contribution in [0.15, 0.2) is 55.0 Å². The molecule has 0 saturated carbocycles. The summed E-state index contributed by atoms with van der Waals surface area (Å²) < 4.78 is 12.3. The molecule has 2 aromatic heterocycles. The molecular formula is C21H23N5O3. The van der Waals surface area contributed by atoms with Gasteiger partial charge in [0, 0.05) is 32.2 Å². The van der Waals surface area contributed by atoms with E-state index in [1.807, 2.05) is 47.5 Å². The van der Waals surface area contributed by atoms with E-state index in [9.17, 15) is 4.79 Å². The number of rotatable bonds is 5. The normalized spacial score (nSPS) is 14.0. The molecule has 0 unspecified atom stereocenters. The van der Waals surface area contributed by atoms with E-state index in [1.165, 1.54) is 0 Å². The highest BCUT2D eigenvalue weighted by Crippen LogP contribution is 2.24. The maximum atomic E-state index is 13.1. The molecule has 1 aromatic carbocycles. The molecular weight excluding hydrogens is 370 g/mol. The molecule has 150 valence electrons. The van der Waals surface area contributed by atoms with Gasteiger partial charge in [0.25, 0.3) is 5.91 Å². The largest absolute Gasteiger partial charge is 0.495 e. The second-order valence-electron chi connectivity index (χ2n) is 6.69. The Morgan fingerprint density at radius 3 is 2.41 bits per heavy atom. The van der Waals surface area contributed by atoms with Crippen molar-refractivity contribution < 1.29 is 14.3 Å². The maximum Gasteiger partial charge on any atom is 0.278 e. The van der Waals surface area contributed by atoms with Crippen LogP contribution in [0.25, 0.3) is 5.69 Å². The second-order valence-corrected chi connectivity index (χ2v) is 6.69. The van der Waals surface area contributed by atoms with E-state index < -0.39 is 0 Å². The van der Waals surface area contributed by atoms with E-state index in [4.69, 9.17) is 9.47 Å². The molecule has 1 fully saturated rings. The standard InChI is InChI=1S/C21H23N5O3/c1-28-18-12-17(13-22-14-18)24-8-10-25(11-9-24)21(27)20-19(29-2)15-26(23-20)16-6-4-3-5-7-16/h3-7,12-15H,8-11H2,1-2H3. The lowest BCUT2D eigenvalue weighted by Gasteiger charge is -2.35. The Balaban J connectivity index is 1.48. The van der Waals surface area contributed by atoms with E-state index in [2.05, 4.69) is 15.0 Å². The molecule has 1 aliphatic rings. The van der Waals surface area contributed by atoms with Crippen molar-refractivity contribution in [3.63, 3.8) is 0 Å². The number of nitrogens with zero attached hydrogens (tertiary/aromatic N) is 5. The van der Waals surface area contributed by atoms with Gasteiger partial charge >= 0.3 is 0 Å². The van der Waals surface area contributed by atoms with Crippen LogP contribution in [0.3, 0.4) is 0 Å². The third kappa shape index (κ3) is 3.87. The average molecular weight is 393 g/mol. The van der Waals surface area contributed by atoms with Gasteiger partial charge in [-0.1, -0.05) is 18.2 Å². The Bertz CT molecular complexity index is 981. The number of aromatic nitrogens is 3. The summed E-state index contributed by atoms with van der Waals surface area (Å²) in [6.07, 6.45) is 5.23. The van der Waals surface area contributed by atoms with Gasteiger partial charge in [-0.3, -0.25) is 9.78 Å². The molecule has 8 heteroatoms. The van der Waals surface area contributed by atoms with Gasteiger partial charge in [0.15, 0.2) is 11.4 Å². The number of methoxy groups -OCH3 is 2. The van der Waals surface area contributed by atoms with Crippen LogP contribution in [0, 0.1) is 0 Å². The van der Waals surface area contributed by atoms with E-state index in [0.717, 1.165) is 17.1 Å². The van der Waals surface area contributed by atoms with E-state index in [1.54, 1.807) is 31.3 Å². The minimum atomic E-state index is -0.125. The van der Waals surface area contributed by atoms with Crippen LogP contribution in [-0.4, -0.2) is 66.0 Å². The zero-order chi connectivity index (χ0) is 20.2. The fourth-order valence-corrected chi connectivity index (χ4v) is 3.38. The molecule has 1 aliphatic heterocycles. The smallest absolute Gasteiger partial charge is 0.278 e. The lowest BCUT2D eigenvalue weighted by atomic mass is 10.2. The lowest BCUT2D eigenvalue weighted by Crippen LogP contribution is -2.49. The predicted molar refractivity (Wildman–Crippen MR) is 109 cm³/mol. The Morgan fingerprint density at radius 1 is 0.966 bits per heavy atom. The molecule has 1 amide bonds. The minimum Gasteiger partial charge on any atom is -0.495 e. The fourth-order valence-electron chi connectivity index (χ4n) is 3.38. The molecule has 29 heavy (non-hydrogen) atoms. The number of hydrogen-bond donors (Lipinski definition) is 0. The summed E-state index contributed by atoms with van der Waals surface area (Å²) in [5, 5.41) is 4.49. The molecule has 0 aliphatic carbocycles. The predicted octanol–water partition coefficient (Wildman–Crippen LogP) is 2.25. The van der Waals surface area contributed by atoms with Crippen LogP contribution in [0.4, 0.5) is 5.69 Å². The van der Waals surface area contributed by atoms with Gasteiger partial charge in [0.2, 0.25) is 0 Å². The van der Waals surface area contributed by atoms with Crippen molar-refractivity contribution in [3.05, 3.63) is 60.7 Å². The lowest BCUT2D eigenvalue weighted by molar-refractivity contribution is 0.0737. The van der Waals surface area contributed by atoms with Crippen molar-refractivity contribution in [2.75, 3.05) is 45.3 Å². The first-order valence-electron chi connectivity index (χ1n) is 9.42. The minimum absolute atomic E-state index is 0.125. The number of pyridine rings is 1. The molecule has 1 saturated heterocycles. The topological polar surface area (TPSA) is 72.7 Å². The molecule has 0 bridgehead atoms. The van der Waals surface area contributed by atoms with Gasteiger partial charge in [-0.05, 0) is 12.1 Å². The van der Waals surface area contributed by atoms with Crippen LogP contribution in [0.2, 0.25) is 0 Å². The summed E-state index contributed by atoms with van der Waals surface area (Å²) in [6.45, 7) is 2.61. The van der Waals surface area contributed by atoms with Crippen molar-refractivity contribution in [2.24, 2.45) is 0 Å². The number of ether oxygens (including phenoxy) is 2. The van der Waals surface area contributed by atoms with Crippen LogP contribution in [0.5, 0.6) is 11.5 Å². The van der Waals surface area contributed by atoms with Gasteiger partial charge in [-0.25, -0.2) is 4.68 Å². The van der Waals surface area contributed by atoms with Crippen LogP contribution < -0.4 is 14.4 Å². The summed E-state index contributed by atoms with van der Waals surface area (Å²) in [7, 11) is 3.18. The number of carbonyl (C=O) groups is 1. The molecule has 3 aromatic rings. The SMILES string of the molecule is COc1cncc(N2CCN(C(=O)c3nn(-c4ccccc4)cc3OC)CC2)c1. The quantitative estimate of drug-likeness (QED) is 0.662. The highest BCUT2D eigenvalue weighted by atomic mass is 16.5. The molecule has 3 heterocycles. The van der Waals surface area contributed by atoms with Crippen LogP contribution in [0.1, 0.15) is 10.5 Å². The molecule has 4 rings (SSSR count). The fraction of sp³-hybridized carbons (Fsp3) is 0.286. The molecule has 0 spiro atoms. The molecule has 0 N–H and O–H groups in total. The summed E-state index contributed by atoms with van der Waals surface area (Å²) in [5.41, 5.74) is 2.19. The zero-order valence-electron chi connectivity index (χ0n) is 16.5. The summed E-state index contributed by atoms with van der Waals surface area (Å²) >= 11 is 0. The summed E-state index contributed by atoms with van der Waals surface area (Å²) in [4.78, 5) is 21.3. The van der Waals surface area contributed by atoms with Crippen LogP contribution in [-0.2, 0) is 0 Å². The van der Waals surface area contributed by atoms with Gasteiger partial charge < -0.3 is 19.3 Å². The molecule has 0 radical (unpaired) electrons. The van der Waals surface area contributed by atoms with E-state index in [-0.39, 0.29) is 5.91 Å². The first-order chi connectivity index (χ1) is 14.2. The zero-order valence-corrected chi connectivity index (χ0v) is 16.5. The van der Waals surface area contributed by atoms with Gasteiger partial charge in [0.1, 0.15) is 5.75 Å². The van der Waals surface area contributed by atoms with Crippen molar-refractivity contribution in [3.8, 4) is 17.2 Å². The van der Waals surface area contributed by atoms with Gasteiger partial charge in [0.05, 0.1) is 44.2 Å². The summed E-state index contributed by atoms with van der Waals surface area (Å²) in [5.74, 6) is 1.07. The van der Waals surface area contributed by atoms with Crippen molar-refractivity contribution in [1.82, 2.24) is 19.7 Å². The number of carbonyl (C=O) groups excluding carboxylic acids is 1. The van der Waals surface area contributed by atoms with Crippen molar-refractivity contribution in [1.29, 1.82) is 0 Å².